The Kier molecular flexibility index (Phi) is 5.23. The maximum atomic E-state index is 12.3. The lowest BCUT2D eigenvalue weighted by molar-refractivity contribution is -0.143. The number of hydrogen-bond donors (Lipinski definition) is 1. The number of nitrogens with zero attached hydrogens (tertiary/aromatic N) is 2. The monoisotopic (exact) mass is 355 g/mol. The molecule has 0 unspecified atom stereocenters. The highest BCUT2D eigenvalue weighted by Crippen LogP contribution is 2.23. The fourth-order valence-electron chi connectivity index (χ4n) is 1.33. The third-order valence-corrected chi connectivity index (χ3v) is 3.79. The summed E-state index contributed by atoms with van der Waals surface area (Å²) in [5, 5.41) is 6.57. The molecule has 0 saturated carbocycles. The summed E-state index contributed by atoms with van der Waals surface area (Å²) in [6.45, 7) is 5.33. The van der Waals surface area contributed by atoms with Crippen LogP contribution in [-0.2, 0) is 6.54 Å². The van der Waals surface area contributed by atoms with Gasteiger partial charge >= 0.3 is 6.18 Å². The molecule has 1 N–H and O–H groups in total. The molecule has 1 aromatic heterocycles. The van der Waals surface area contributed by atoms with Gasteiger partial charge in [-0.25, -0.2) is 4.68 Å². The first-order valence-corrected chi connectivity index (χ1v) is 6.91. The summed E-state index contributed by atoms with van der Waals surface area (Å²) in [5.41, 5.74) is -0.392. The minimum absolute atomic E-state index is 0.0142. The molecular formula is C12H17BrF3N3O. The van der Waals surface area contributed by atoms with E-state index >= 15 is 0 Å². The van der Waals surface area contributed by atoms with Crippen LogP contribution in [0.4, 0.5) is 18.9 Å². The van der Waals surface area contributed by atoms with Crippen molar-refractivity contribution in [3.05, 3.63) is 21.0 Å². The molecule has 0 fully saturated rings. The van der Waals surface area contributed by atoms with Crippen LogP contribution in [0.3, 0.4) is 0 Å². The largest absolute Gasteiger partial charge is 0.408 e. The van der Waals surface area contributed by atoms with Crippen LogP contribution in [0.25, 0.3) is 0 Å². The molecule has 4 nitrogen and oxygen atoms in total. The second-order valence-corrected chi connectivity index (χ2v) is 6.11. The molecule has 0 amide bonds. The molecule has 0 aliphatic heterocycles. The molecule has 0 aromatic carbocycles. The van der Waals surface area contributed by atoms with Crippen molar-refractivity contribution in [2.75, 3.05) is 11.9 Å². The Morgan fingerprint density at radius 3 is 2.50 bits per heavy atom. The number of hydrogen-bond acceptors (Lipinski definition) is 3. The molecule has 0 bridgehead atoms. The van der Waals surface area contributed by atoms with E-state index in [0.29, 0.717) is 16.9 Å². The van der Waals surface area contributed by atoms with Crippen LogP contribution in [0.1, 0.15) is 27.2 Å². The molecule has 0 saturated heterocycles. The minimum Gasteiger partial charge on any atom is -0.382 e. The second kappa shape index (κ2) is 6.15. The van der Waals surface area contributed by atoms with Gasteiger partial charge in [0.15, 0.2) is 0 Å². The third-order valence-electron chi connectivity index (χ3n) is 3.03. The van der Waals surface area contributed by atoms with Crippen molar-refractivity contribution in [3.63, 3.8) is 0 Å². The molecule has 0 radical (unpaired) electrons. The highest BCUT2D eigenvalue weighted by Gasteiger charge is 2.29. The lowest BCUT2D eigenvalue weighted by atomic mass is 9.90. The molecule has 0 spiro atoms. The first-order valence-electron chi connectivity index (χ1n) is 6.12. The van der Waals surface area contributed by atoms with Gasteiger partial charge in [-0.3, -0.25) is 4.79 Å². The van der Waals surface area contributed by atoms with Gasteiger partial charge in [-0.1, -0.05) is 20.8 Å². The quantitative estimate of drug-likeness (QED) is 0.880. The zero-order valence-electron chi connectivity index (χ0n) is 11.5. The second-order valence-electron chi connectivity index (χ2n) is 5.32. The Balaban J connectivity index is 2.93. The summed E-state index contributed by atoms with van der Waals surface area (Å²) in [4.78, 5) is 11.8. The fourth-order valence-corrected chi connectivity index (χ4v) is 1.78. The summed E-state index contributed by atoms with van der Waals surface area (Å²) in [7, 11) is 0. The molecular weight excluding hydrogens is 339 g/mol. The van der Waals surface area contributed by atoms with Crippen molar-refractivity contribution >= 4 is 21.6 Å². The van der Waals surface area contributed by atoms with Crippen molar-refractivity contribution in [2.24, 2.45) is 5.41 Å². The van der Waals surface area contributed by atoms with Gasteiger partial charge in [0.05, 0.1) is 11.9 Å². The van der Waals surface area contributed by atoms with E-state index in [-0.39, 0.29) is 9.89 Å². The van der Waals surface area contributed by atoms with E-state index in [1.54, 1.807) is 0 Å². The van der Waals surface area contributed by atoms with Gasteiger partial charge in [-0.15, -0.1) is 0 Å². The van der Waals surface area contributed by atoms with Crippen LogP contribution in [0, 0.1) is 5.41 Å². The van der Waals surface area contributed by atoms with Crippen LogP contribution in [0.5, 0.6) is 0 Å². The van der Waals surface area contributed by atoms with Crippen molar-refractivity contribution < 1.29 is 13.2 Å². The van der Waals surface area contributed by atoms with Crippen LogP contribution >= 0.6 is 15.9 Å². The number of anilines is 1. The highest BCUT2D eigenvalue weighted by molar-refractivity contribution is 9.10. The van der Waals surface area contributed by atoms with Crippen molar-refractivity contribution in [2.45, 2.75) is 39.9 Å². The number of halogens is 4. The number of aromatic nitrogens is 2. The van der Waals surface area contributed by atoms with E-state index in [1.807, 2.05) is 20.8 Å². The Morgan fingerprint density at radius 1 is 1.40 bits per heavy atom. The van der Waals surface area contributed by atoms with E-state index in [1.165, 1.54) is 6.20 Å². The maximum Gasteiger partial charge on any atom is 0.408 e. The molecule has 1 heterocycles. The topological polar surface area (TPSA) is 46.9 Å². The van der Waals surface area contributed by atoms with Gasteiger partial charge in [0, 0.05) is 6.54 Å². The Hall–Kier alpha value is -1.05. The molecule has 1 rings (SSSR count). The molecule has 0 atom stereocenters. The molecule has 20 heavy (non-hydrogen) atoms. The fraction of sp³-hybridized carbons (Fsp3) is 0.667. The molecule has 8 heteroatoms. The predicted molar refractivity (Wildman–Crippen MR) is 74.8 cm³/mol. The highest BCUT2D eigenvalue weighted by atomic mass is 79.9. The number of alkyl halides is 3. The van der Waals surface area contributed by atoms with Crippen LogP contribution in [0.15, 0.2) is 15.5 Å². The van der Waals surface area contributed by atoms with Gasteiger partial charge in [0.25, 0.3) is 5.56 Å². The van der Waals surface area contributed by atoms with Crippen molar-refractivity contribution in [3.8, 4) is 0 Å². The lowest BCUT2D eigenvalue weighted by Gasteiger charge is -2.23. The SMILES string of the molecule is CCC(C)(C)CNc1cnn(CC(F)(F)F)c(=O)c1Br. The summed E-state index contributed by atoms with van der Waals surface area (Å²) in [5.74, 6) is 0. The van der Waals surface area contributed by atoms with Gasteiger partial charge in [-0.05, 0) is 27.8 Å². The minimum atomic E-state index is -4.48. The van der Waals surface area contributed by atoms with E-state index in [9.17, 15) is 18.0 Å². The van der Waals surface area contributed by atoms with E-state index in [2.05, 4.69) is 26.3 Å². The average molecular weight is 356 g/mol. The predicted octanol–water partition coefficient (Wildman–Crippen LogP) is 3.42. The lowest BCUT2D eigenvalue weighted by Crippen LogP contribution is -2.31. The standard InChI is InChI=1S/C12H17BrF3N3O/c1-4-11(2,3)6-17-8-5-18-19(7-12(14,15)16)10(20)9(8)13/h5,17H,4,6-7H2,1-3H3. The molecule has 1 aromatic rings. The summed E-state index contributed by atoms with van der Waals surface area (Å²) < 4.78 is 37.3. The van der Waals surface area contributed by atoms with Crippen LogP contribution in [0.2, 0.25) is 0 Å². The Morgan fingerprint density at radius 2 is 2.00 bits per heavy atom. The van der Waals surface area contributed by atoms with Crippen molar-refractivity contribution in [1.82, 2.24) is 9.78 Å². The zero-order chi connectivity index (χ0) is 15.6. The van der Waals surface area contributed by atoms with Crippen LogP contribution < -0.4 is 10.9 Å². The Bertz CT molecular complexity index is 526. The van der Waals surface area contributed by atoms with E-state index in [0.717, 1.165) is 6.42 Å². The summed E-state index contributed by atoms with van der Waals surface area (Å²) in [6.07, 6.45) is -2.32. The van der Waals surface area contributed by atoms with E-state index < -0.39 is 18.3 Å². The van der Waals surface area contributed by atoms with Gasteiger partial charge in [0.1, 0.15) is 11.0 Å². The zero-order valence-corrected chi connectivity index (χ0v) is 13.1. The van der Waals surface area contributed by atoms with Gasteiger partial charge in [0.2, 0.25) is 0 Å². The van der Waals surface area contributed by atoms with Crippen LogP contribution in [-0.4, -0.2) is 22.5 Å². The van der Waals surface area contributed by atoms with Gasteiger partial charge in [-0.2, -0.15) is 18.3 Å². The third kappa shape index (κ3) is 4.81. The normalized spacial score (nSPS) is 12.6. The first-order chi connectivity index (χ1) is 9.06. The first kappa shape index (κ1) is 17.0. The average Bonchev–Trinajstić information content (AvgIpc) is 2.33. The summed E-state index contributed by atoms with van der Waals surface area (Å²) in [6, 6.07) is 0. The summed E-state index contributed by atoms with van der Waals surface area (Å²) >= 11 is 3.03. The maximum absolute atomic E-state index is 12.3. The smallest absolute Gasteiger partial charge is 0.382 e. The number of rotatable bonds is 5. The molecule has 0 aliphatic carbocycles. The molecule has 114 valence electrons. The van der Waals surface area contributed by atoms with E-state index in [4.69, 9.17) is 0 Å². The number of nitrogens with one attached hydrogen (secondary N) is 1. The Labute approximate surface area is 123 Å². The molecule has 0 aliphatic rings. The van der Waals surface area contributed by atoms with Crippen molar-refractivity contribution in [1.29, 1.82) is 0 Å². The van der Waals surface area contributed by atoms with Gasteiger partial charge < -0.3 is 5.32 Å².